The molecule has 21 heteroatoms. The van der Waals surface area contributed by atoms with Gasteiger partial charge in [0.1, 0.15) is 52.7 Å². The molecule has 6 aromatic rings. The van der Waals surface area contributed by atoms with Crippen molar-refractivity contribution in [2.24, 2.45) is 0 Å². The average molecular weight is 1010 g/mol. The van der Waals surface area contributed by atoms with E-state index in [9.17, 15) is 41.1 Å². The summed E-state index contributed by atoms with van der Waals surface area (Å²) in [5.41, 5.74) is 0.766. The Balaban J connectivity index is 0.000000179. The topological polar surface area (TPSA) is 193 Å². The van der Waals surface area contributed by atoms with Crippen molar-refractivity contribution in [1.29, 1.82) is 0 Å². The highest BCUT2D eigenvalue weighted by atomic mass is 35.5. The number of amides is 2. The molecule has 2 aliphatic heterocycles. The van der Waals surface area contributed by atoms with Crippen LogP contribution >= 0.6 is 11.6 Å². The molecule has 2 aliphatic carbocycles. The van der Waals surface area contributed by atoms with Gasteiger partial charge in [0.05, 0.1) is 71.9 Å². The van der Waals surface area contributed by atoms with Crippen molar-refractivity contribution in [3.05, 3.63) is 172 Å². The number of hydrogen-bond acceptors (Lipinski definition) is 11. The number of pyridine rings is 2. The Morgan fingerprint density at radius 2 is 1.00 bits per heavy atom. The average Bonchev–Trinajstić information content (AvgIpc) is 4.26. The number of nitrogens with one attached hydrogen (secondary N) is 2. The van der Waals surface area contributed by atoms with Gasteiger partial charge in [-0.2, -0.15) is 0 Å². The van der Waals surface area contributed by atoms with E-state index in [0.29, 0.717) is 55.4 Å². The number of alkyl halides is 3. The van der Waals surface area contributed by atoms with Crippen LogP contribution in [0, 0.1) is 11.6 Å². The summed E-state index contributed by atoms with van der Waals surface area (Å²) in [6.45, 7) is 1.52. The second kappa shape index (κ2) is 19.7. The second-order valence-electron chi connectivity index (χ2n) is 17.7. The Morgan fingerprint density at radius 3 is 1.39 bits per heavy atom. The lowest BCUT2D eigenvalue weighted by molar-refractivity contribution is -0.274. The summed E-state index contributed by atoms with van der Waals surface area (Å²) < 4.78 is 81.1. The molecule has 4 aromatic carbocycles. The molecule has 0 radical (unpaired) electrons. The Kier molecular flexibility index (Phi) is 13.4. The number of rotatable bonds is 15. The van der Waals surface area contributed by atoms with Crippen LogP contribution in [-0.2, 0) is 11.1 Å². The van der Waals surface area contributed by atoms with Crippen molar-refractivity contribution in [3.8, 4) is 17.2 Å². The molecule has 2 amide bonds. The number of aromatic nitrogens is 2. The van der Waals surface area contributed by atoms with Gasteiger partial charge in [-0.1, -0.05) is 48.0 Å². The first-order valence-corrected chi connectivity index (χ1v) is 22.8. The van der Waals surface area contributed by atoms with Crippen LogP contribution < -0.4 is 34.6 Å². The summed E-state index contributed by atoms with van der Waals surface area (Å²) in [5, 5.41) is 24.7. The van der Waals surface area contributed by atoms with E-state index in [2.05, 4.69) is 25.3 Å². The van der Waals surface area contributed by atoms with Crippen LogP contribution in [0.2, 0.25) is 5.02 Å². The lowest BCUT2D eigenvalue weighted by Crippen LogP contribution is -2.55. The number of hydrogen-bond donors (Lipinski definition) is 4. The van der Waals surface area contributed by atoms with E-state index in [4.69, 9.17) is 31.3 Å². The van der Waals surface area contributed by atoms with Gasteiger partial charge < -0.3 is 44.9 Å². The number of nitrogens with zero attached hydrogens (tertiary/aromatic N) is 4. The molecule has 0 bridgehead atoms. The number of carboxylic acid groups (broad SMARTS) is 2. The fourth-order valence-electron chi connectivity index (χ4n) is 8.40. The normalized spacial score (nSPS) is 16.4. The van der Waals surface area contributed by atoms with Crippen molar-refractivity contribution in [3.63, 3.8) is 0 Å². The molecule has 4 heterocycles. The van der Waals surface area contributed by atoms with Crippen LogP contribution in [0.3, 0.4) is 0 Å². The molecule has 0 atom stereocenters. The van der Waals surface area contributed by atoms with Crippen LogP contribution in [0.4, 0.5) is 33.6 Å². The molecule has 10 rings (SSSR count). The zero-order chi connectivity index (χ0) is 51.0. The van der Waals surface area contributed by atoms with Crippen LogP contribution in [0.5, 0.6) is 17.2 Å². The Morgan fingerprint density at radius 1 is 0.597 bits per heavy atom. The molecule has 4 N–H and O–H groups in total. The Hall–Kier alpha value is -8.00. The fraction of sp³-hybridized carbons (Fsp3) is 0.255. The number of halogens is 6. The summed E-state index contributed by atoms with van der Waals surface area (Å²) in [6.07, 6.45) is -0.543. The molecular weight excluding hydrogens is 971 g/mol. The van der Waals surface area contributed by atoms with Crippen molar-refractivity contribution in [2.75, 3.05) is 36.0 Å². The zero-order valence-electron chi connectivity index (χ0n) is 37.7. The molecule has 372 valence electrons. The van der Waals surface area contributed by atoms with Gasteiger partial charge in [-0.15, -0.1) is 13.2 Å². The van der Waals surface area contributed by atoms with E-state index in [-0.39, 0.29) is 53.0 Å². The van der Waals surface area contributed by atoms with E-state index in [1.54, 1.807) is 47.4 Å². The van der Waals surface area contributed by atoms with Gasteiger partial charge in [-0.05, 0) is 104 Å². The SMILES string of the molecule is O=C(O)c1ccc(C2(NC(=O)c3cc(F)cnc3N3CC(Oc4cccc(Cl)c4)C3)CC2)cc1.O=C(O)c1ccc(C2(NC(=O)c3cc(F)cnc3N3CC(Oc4cccc(OC(F)(F)F)c4)C3)CC2)cc1. The van der Waals surface area contributed by atoms with E-state index in [1.807, 2.05) is 11.0 Å². The smallest absolute Gasteiger partial charge is 0.487 e. The van der Waals surface area contributed by atoms with Gasteiger partial charge in [-0.3, -0.25) is 9.59 Å². The minimum atomic E-state index is -4.82. The number of aromatic carboxylic acids is 2. The Labute approximate surface area is 412 Å². The number of carbonyl (C=O) groups is 4. The van der Waals surface area contributed by atoms with Crippen LogP contribution in [0.15, 0.2) is 122 Å². The zero-order valence-corrected chi connectivity index (χ0v) is 38.4. The molecule has 15 nitrogen and oxygen atoms in total. The van der Waals surface area contributed by atoms with Crippen molar-refractivity contribution < 1.29 is 65.6 Å². The van der Waals surface area contributed by atoms with Crippen molar-refractivity contribution in [2.45, 2.75) is 55.3 Å². The second-order valence-corrected chi connectivity index (χ2v) is 18.1. The summed E-state index contributed by atoms with van der Waals surface area (Å²) in [4.78, 5) is 60.5. The maximum atomic E-state index is 14.1. The third-order valence-electron chi connectivity index (χ3n) is 12.5. The maximum absolute atomic E-state index is 14.1. The molecule has 4 aliphatic rings. The highest BCUT2D eigenvalue weighted by Gasteiger charge is 2.48. The fourth-order valence-corrected chi connectivity index (χ4v) is 8.58. The molecule has 2 saturated carbocycles. The quantitative estimate of drug-likeness (QED) is 0.0715. The van der Waals surface area contributed by atoms with Gasteiger partial charge in [-0.25, -0.2) is 28.3 Å². The molecule has 0 spiro atoms. The third-order valence-corrected chi connectivity index (χ3v) is 12.7. The molecule has 2 saturated heterocycles. The van der Waals surface area contributed by atoms with E-state index in [0.717, 1.165) is 41.7 Å². The van der Waals surface area contributed by atoms with Crippen LogP contribution in [0.25, 0.3) is 0 Å². The van der Waals surface area contributed by atoms with E-state index < -0.39 is 64.7 Å². The summed E-state index contributed by atoms with van der Waals surface area (Å²) in [5.74, 6) is -3.25. The standard InChI is InChI=1S/C26H21F4N3O5.C25H21ClFN3O4/c27-17-10-21(23(34)32-25(8-9-25)16-6-4-15(5-7-16)24(35)36)22(31-12-17)33-13-20(14-33)37-18-2-1-3-19(11-18)38-26(28,29)30;26-17-2-1-3-19(10-17)34-20-13-30(14-20)22-21(11-18(27)12-28-22)23(31)29-25(8-9-25)16-6-4-15(5-7-16)24(32)33/h1-7,10-12,20H,8-9,13-14H2,(H,32,34)(H,35,36);1-7,10-12,20H,8-9,13-14H2,(H,29,31)(H,32,33). The number of carbonyl (C=O) groups excluding carboxylic acids is 2. The highest BCUT2D eigenvalue weighted by molar-refractivity contribution is 6.30. The minimum absolute atomic E-state index is 0.0254. The monoisotopic (exact) mass is 1010 g/mol. The van der Waals surface area contributed by atoms with Gasteiger partial charge >= 0.3 is 18.3 Å². The third kappa shape index (κ3) is 11.3. The van der Waals surface area contributed by atoms with Crippen LogP contribution in [-0.4, -0.2) is 88.7 Å². The molecular formula is C51H42ClF5N6O9. The number of carboxylic acids is 2. The Bertz CT molecular complexity index is 3040. The first-order valence-electron chi connectivity index (χ1n) is 22.4. The van der Waals surface area contributed by atoms with Gasteiger partial charge in [0.15, 0.2) is 0 Å². The molecule has 2 aromatic heterocycles. The number of benzene rings is 4. The lowest BCUT2D eigenvalue weighted by atomic mass is 10.0. The number of anilines is 2. The molecule has 4 fully saturated rings. The van der Waals surface area contributed by atoms with Crippen molar-refractivity contribution in [1.82, 2.24) is 20.6 Å². The number of ether oxygens (including phenoxy) is 3. The first-order chi connectivity index (χ1) is 34.3. The largest absolute Gasteiger partial charge is 0.573 e. The van der Waals surface area contributed by atoms with Crippen molar-refractivity contribution >= 4 is 47.0 Å². The highest BCUT2D eigenvalue weighted by Crippen LogP contribution is 2.47. The summed E-state index contributed by atoms with van der Waals surface area (Å²) >= 11 is 6.00. The first kappa shape index (κ1) is 49.0. The summed E-state index contributed by atoms with van der Waals surface area (Å²) in [7, 11) is 0. The molecule has 72 heavy (non-hydrogen) atoms. The molecule has 0 unspecified atom stereocenters. The van der Waals surface area contributed by atoms with E-state index >= 15 is 0 Å². The van der Waals surface area contributed by atoms with Gasteiger partial charge in [0.2, 0.25) is 0 Å². The summed E-state index contributed by atoms with van der Waals surface area (Å²) in [6, 6.07) is 27.2. The lowest BCUT2D eigenvalue weighted by Gasteiger charge is -2.40. The van der Waals surface area contributed by atoms with Gasteiger partial charge in [0.25, 0.3) is 11.8 Å². The minimum Gasteiger partial charge on any atom is -0.487 e. The predicted octanol–water partition coefficient (Wildman–Crippen LogP) is 8.76. The van der Waals surface area contributed by atoms with Crippen LogP contribution in [0.1, 0.15) is 78.2 Å². The van der Waals surface area contributed by atoms with E-state index in [1.165, 1.54) is 42.5 Å². The maximum Gasteiger partial charge on any atom is 0.573 e. The predicted molar refractivity (Wildman–Crippen MR) is 250 cm³/mol. The van der Waals surface area contributed by atoms with Gasteiger partial charge in [0, 0.05) is 11.1 Å².